The zero-order valence-corrected chi connectivity index (χ0v) is 22.9. The summed E-state index contributed by atoms with van der Waals surface area (Å²) in [7, 11) is -3.16. The molecular weight excluding hydrogens is 478 g/mol. The standard InChI is InChI=1S/C23H47N3O8S/c1-5-22(4)34-20-23(27)24-6-12-30-14-16-32-18-19-33-17-15-31-13-11-25-7-9-26(10-8-25)35(28,29)21(2)3/h21-22H,5-20H2,1-4H3,(H,24,27). The average molecular weight is 526 g/mol. The zero-order valence-electron chi connectivity index (χ0n) is 22.0. The van der Waals surface area contributed by atoms with Crippen molar-refractivity contribution in [2.75, 3.05) is 98.7 Å². The fraction of sp³-hybridized carbons (Fsp3) is 0.957. The summed E-state index contributed by atoms with van der Waals surface area (Å²) >= 11 is 0. The van der Waals surface area contributed by atoms with Gasteiger partial charge in [0.05, 0.1) is 64.2 Å². The highest BCUT2D eigenvalue weighted by molar-refractivity contribution is 7.89. The summed E-state index contributed by atoms with van der Waals surface area (Å²) in [5, 5.41) is 2.37. The Morgan fingerprint density at radius 2 is 1.34 bits per heavy atom. The highest BCUT2D eigenvalue weighted by Gasteiger charge is 2.28. The van der Waals surface area contributed by atoms with Crippen LogP contribution in [0.4, 0.5) is 0 Å². The fourth-order valence-corrected chi connectivity index (χ4v) is 4.38. The van der Waals surface area contributed by atoms with Gasteiger partial charge >= 0.3 is 0 Å². The first-order valence-corrected chi connectivity index (χ1v) is 14.2. The minimum Gasteiger partial charge on any atom is -0.378 e. The van der Waals surface area contributed by atoms with Gasteiger partial charge in [-0.2, -0.15) is 4.31 Å². The Kier molecular flexibility index (Phi) is 17.7. The number of hydrogen-bond donors (Lipinski definition) is 1. The quantitative estimate of drug-likeness (QED) is 0.212. The Balaban J connectivity index is 1.82. The van der Waals surface area contributed by atoms with Gasteiger partial charge in [-0.3, -0.25) is 9.69 Å². The number of sulfonamides is 1. The molecule has 12 heteroatoms. The molecule has 1 fully saturated rings. The molecule has 1 saturated heterocycles. The highest BCUT2D eigenvalue weighted by atomic mass is 32.2. The molecule has 1 N–H and O–H groups in total. The summed E-state index contributed by atoms with van der Waals surface area (Å²) in [6.45, 7) is 15.2. The summed E-state index contributed by atoms with van der Waals surface area (Å²) in [5.74, 6) is -0.135. The van der Waals surface area contributed by atoms with E-state index in [0.29, 0.717) is 72.5 Å². The number of nitrogens with one attached hydrogen (secondary N) is 1. The highest BCUT2D eigenvalue weighted by Crippen LogP contribution is 2.12. The van der Waals surface area contributed by atoms with Gasteiger partial charge in [0.25, 0.3) is 0 Å². The second kappa shape index (κ2) is 19.3. The molecule has 1 aliphatic rings. The van der Waals surface area contributed by atoms with Crippen molar-refractivity contribution in [1.82, 2.24) is 14.5 Å². The molecule has 1 unspecified atom stereocenters. The third-order valence-corrected chi connectivity index (χ3v) is 7.87. The van der Waals surface area contributed by atoms with Crippen molar-refractivity contribution in [2.24, 2.45) is 0 Å². The zero-order chi connectivity index (χ0) is 25.9. The maximum atomic E-state index is 12.2. The topological polar surface area (TPSA) is 116 Å². The minimum atomic E-state index is -3.16. The molecular formula is C23H47N3O8S. The lowest BCUT2D eigenvalue weighted by molar-refractivity contribution is -0.127. The molecule has 0 aromatic heterocycles. The third kappa shape index (κ3) is 15.1. The number of carbonyl (C=O) groups excluding carboxylic acids is 1. The van der Waals surface area contributed by atoms with E-state index in [2.05, 4.69) is 10.2 Å². The van der Waals surface area contributed by atoms with Crippen molar-refractivity contribution in [3.8, 4) is 0 Å². The molecule has 0 saturated carbocycles. The second-order valence-corrected chi connectivity index (χ2v) is 11.2. The van der Waals surface area contributed by atoms with Crippen molar-refractivity contribution in [3.63, 3.8) is 0 Å². The monoisotopic (exact) mass is 525 g/mol. The van der Waals surface area contributed by atoms with Gasteiger partial charge in [0, 0.05) is 39.3 Å². The second-order valence-electron chi connectivity index (χ2n) is 8.66. The van der Waals surface area contributed by atoms with E-state index in [1.165, 1.54) is 0 Å². The van der Waals surface area contributed by atoms with E-state index in [0.717, 1.165) is 26.1 Å². The first-order valence-electron chi connectivity index (χ1n) is 12.7. The van der Waals surface area contributed by atoms with Crippen LogP contribution in [0.15, 0.2) is 0 Å². The van der Waals surface area contributed by atoms with E-state index in [1.807, 2.05) is 13.8 Å². The average Bonchev–Trinajstić information content (AvgIpc) is 2.85. The lowest BCUT2D eigenvalue weighted by Gasteiger charge is -2.34. The molecule has 1 rings (SSSR count). The predicted octanol–water partition coefficient (Wildman–Crippen LogP) is 0.340. The minimum absolute atomic E-state index is 0.0767. The number of ether oxygens (including phenoxy) is 5. The molecule has 1 amide bonds. The lowest BCUT2D eigenvalue weighted by Crippen LogP contribution is -2.50. The number of nitrogens with zero attached hydrogens (tertiary/aromatic N) is 2. The van der Waals surface area contributed by atoms with E-state index in [4.69, 9.17) is 23.7 Å². The summed E-state index contributed by atoms with van der Waals surface area (Å²) < 4.78 is 53.3. The lowest BCUT2D eigenvalue weighted by atomic mass is 10.3. The smallest absolute Gasteiger partial charge is 0.246 e. The Morgan fingerprint density at radius 3 is 1.86 bits per heavy atom. The maximum Gasteiger partial charge on any atom is 0.246 e. The normalized spacial score (nSPS) is 16.6. The first-order chi connectivity index (χ1) is 16.8. The molecule has 0 aromatic carbocycles. The number of hydrogen-bond acceptors (Lipinski definition) is 9. The number of carbonyl (C=O) groups is 1. The summed E-state index contributed by atoms with van der Waals surface area (Å²) in [5.41, 5.74) is 0. The van der Waals surface area contributed by atoms with Gasteiger partial charge in [0.1, 0.15) is 6.61 Å². The van der Waals surface area contributed by atoms with Crippen LogP contribution in [0.1, 0.15) is 34.1 Å². The summed E-state index contributed by atoms with van der Waals surface area (Å²) in [6.07, 6.45) is 0.966. The van der Waals surface area contributed by atoms with Crippen LogP contribution in [0.2, 0.25) is 0 Å². The third-order valence-electron chi connectivity index (χ3n) is 5.60. The molecule has 0 aromatic rings. The van der Waals surface area contributed by atoms with Gasteiger partial charge < -0.3 is 29.0 Å². The van der Waals surface area contributed by atoms with E-state index in [-0.39, 0.29) is 23.9 Å². The number of amides is 1. The van der Waals surface area contributed by atoms with Crippen LogP contribution < -0.4 is 5.32 Å². The van der Waals surface area contributed by atoms with Gasteiger partial charge in [-0.15, -0.1) is 0 Å². The molecule has 35 heavy (non-hydrogen) atoms. The van der Waals surface area contributed by atoms with Crippen LogP contribution in [-0.2, 0) is 38.5 Å². The van der Waals surface area contributed by atoms with Crippen LogP contribution in [0.3, 0.4) is 0 Å². The first kappa shape index (κ1) is 32.2. The molecule has 0 spiro atoms. The van der Waals surface area contributed by atoms with Crippen molar-refractivity contribution in [3.05, 3.63) is 0 Å². The molecule has 208 valence electrons. The maximum absolute atomic E-state index is 12.2. The van der Waals surface area contributed by atoms with Gasteiger partial charge in [-0.25, -0.2) is 8.42 Å². The largest absolute Gasteiger partial charge is 0.378 e. The van der Waals surface area contributed by atoms with Gasteiger partial charge in [-0.05, 0) is 27.2 Å². The Morgan fingerprint density at radius 1 is 0.829 bits per heavy atom. The number of rotatable bonds is 21. The molecule has 1 aliphatic heterocycles. The van der Waals surface area contributed by atoms with Gasteiger partial charge in [-0.1, -0.05) is 6.92 Å². The van der Waals surface area contributed by atoms with Crippen LogP contribution in [0.5, 0.6) is 0 Å². The number of piperazine rings is 1. The van der Waals surface area contributed by atoms with Crippen LogP contribution >= 0.6 is 0 Å². The SMILES string of the molecule is CCC(C)OCC(=O)NCCOCCOCCOCCOCCN1CCN(S(=O)(=O)C(C)C)CC1. The van der Waals surface area contributed by atoms with E-state index >= 15 is 0 Å². The summed E-state index contributed by atoms with van der Waals surface area (Å²) in [6, 6.07) is 0. The molecule has 0 radical (unpaired) electrons. The van der Waals surface area contributed by atoms with Gasteiger partial charge in [0.2, 0.25) is 15.9 Å². The fourth-order valence-electron chi connectivity index (χ4n) is 3.11. The van der Waals surface area contributed by atoms with E-state index < -0.39 is 10.0 Å². The predicted molar refractivity (Wildman–Crippen MR) is 134 cm³/mol. The van der Waals surface area contributed by atoms with Crippen molar-refractivity contribution in [2.45, 2.75) is 45.5 Å². The molecule has 0 bridgehead atoms. The Hall–Kier alpha value is -0.860. The Labute approximate surface area is 211 Å². The molecule has 11 nitrogen and oxygen atoms in total. The van der Waals surface area contributed by atoms with E-state index in [1.54, 1.807) is 18.2 Å². The summed E-state index contributed by atoms with van der Waals surface area (Å²) in [4.78, 5) is 13.8. The molecule has 1 heterocycles. The van der Waals surface area contributed by atoms with Crippen molar-refractivity contribution < 1.29 is 36.9 Å². The van der Waals surface area contributed by atoms with Gasteiger partial charge in [0.15, 0.2) is 0 Å². The van der Waals surface area contributed by atoms with Crippen LogP contribution in [-0.4, -0.2) is 134 Å². The Bertz CT molecular complexity index is 643. The van der Waals surface area contributed by atoms with Crippen LogP contribution in [0.25, 0.3) is 0 Å². The van der Waals surface area contributed by atoms with E-state index in [9.17, 15) is 13.2 Å². The molecule has 0 aliphatic carbocycles. The van der Waals surface area contributed by atoms with Crippen molar-refractivity contribution in [1.29, 1.82) is 0 Å². The van der Waals surface area contributed by atoms with Crippen LogP contribution in [0, 0.1) is 0 Å². The molecule has 1 atom stereocenters. The van der Waals surface area contributed by atoms with Crippen molar-refractivity contribution >= 4 is 15.9 Å².